The maximum absolute atomic E-state index is 14.4. The van der Waals surface area contributed by atoms with Crippen molar-refractivity contribution in [1.29, 1.82) is 0 Å². The number of thioether (sulfide) groups is 1. The zero-order valence-electron chi connectivity index (χ0n) is 20.6. The standard InChI is InChI=1S/C22H19ClF4N4OS.C3H8O2/c23-15-10-12(2-3-16(15)24)17-14(22(25,26)27)11-13-18-19(17)33-9-1-6-31(18)21(32)29-20(13)30-7-4-28-5-8-30;1-5-3-2-4/h2-3,10-11,28H,1,4-9H2;4H,2-3H2,1H3. The number of piperazine rings is 1. The van der Waals surface area contributed by atoms with Gasteiger partial charge in [0.25, 0.3) is 0 Å². The predicted molar refractivity (Wildman–Crippen MR) is 141 cm³/mol. The minimum atomic E-state index is -4.69. The van der Waals surface area contributed by atoms with Crippen molar-refractivity contribution in [3.05, 3.63) is 51.2 Å². The highest BCUT2D eigenvalue weighted by molar-refractivity contribution is 7.99. The van der Waals surface area contributed by atoms with E-state index in [1.54, 1.807) is 7.11 Å². The first-order chi connectivity index (χ1) is 18.2. The molecule has 2 aliphatic rings. The summed E-state index contributed by atoms with van der Waals surface area (Å²) in [5.41, 5.74) is -0.837. The summed E-state index contributed by atoms with van der Waals surface area (Å²) in [6.07, 6.45) is -4.08. The van der Waals surface area contributed by atoms with Gasteiger partial charge in [-0.05, 0) is 35.9 Å². The van der Waals surface area contributed by atoms with Crippen molar-refractivity contribution in [2.24, 2.45) is 0 Å². The largest absolute Gasteiger partial charge is 0.417 e. The summed E-state index contributed by atoms with van der Waals surface area (Å²) in [6.45, 7) is 3.28. The number of alkyl halides is 3. The van der Waals surface area contributed by atoms with Gasteiger partial charge in [0.2, 0.25) is 0 Å². The van der Waals surface area contributed by atoms with Crippen molar-refractivity contribution in [3.63, 3.8) is 0 Å². The van der Waals surface area contributed by atoms with E-state index < -0.39 is 23.2 Å². The number of ether oxygens (including phenoxy) is 1. The lowest BCUT2D eigenvalue weighted by Gasteiger charge is -2.30. The van der Waals surface area contributed by atoms with Crippen LogP contribution in [-0.2, 0) is 17.5 Å². The first-order valence-corrected chi connectivity index (χ1v) is 13.4. The van der Waals surface area contributed by atoms with Gasteiger partial charge in [-0.25, -0.2) is 9.18 Å². The molecule has 5 rings (SSSR count). The molecule has 0 atom stereocenters. The number of rotatable bonds is 4. The van der Waals surface area contributed by atoms with Crippen molar-refractivity contribution in [2.45, 2.75) is 24.0 Å². The molecule has 3 heterocycles. The average molecular weight is 575 g/mol. The Hall–Kier alpha value is -2.38. The van der Waals surface area contributed by atoms with Crippen LogP contribution in [0.5, 0.6) is 0 Å². The Bertz CT molecular complexity index is 1360. The number of aromatic nitrogens is 2. The third kappa shape index (κ3) is 5.94. The zero-order valence-corrected chi connectivity index (χ0v) is 22.1. The van der Waals surface area contributed by atoms with Crippen molar-refractivity contribution < 1.29 is 27.4 Å². The van der Waals surface area contributed by atoms with Crippen LogP contribution in [0.1, 0.15) is 12.0 Å². The summed E-state index contributed by atoms with van der Waals surface area (Å²) >= 11 is 7.21. The SMILES string of the molecule is COCCO.O=c1nc(N2CCNCC2)c2cc(C(F)(F)F)c(-c3ccc(F)c(Cl)c3)c3c2n1CCCS3. The Balaban J connectivity index is 0.000000617. The molecule has 0 spiro atoms. The summed E-state index contributed by atoms with van der Waals surface area (Å²) in [6, 6.07) is 4.63. The molecule has 1 saturated heterocycles. The van der Waals surface area contributed by atoms with Crippen LogP contribution in [0.4, 0.5) is 23.4 Å². The molecule has 0 saturated carbocycles. The lowest BCUT2D eigenvalue weighted by atomic mass is 9.96. The summed E-state index contributed by atoms with van der Waals surface area (Å²) in [5.74, 6) is 0.0867. The quantitative estimate of drug-likeness (QED) is 0.447. The van der Waals surface area contributed by atoms with E-state index in [1.807, 2.05) is 4.90 Å². The molecule has 13 heteroatoms. The topological polar surface area (TPSA) is 79.6 Å². The first kappa shape index (κ1) is 28.6. The second kappa shape index (κ2) is 12.2. The molecule has 7 nitrogen and oxygen atoms in total. The molecule has 0 aliphatic carbocycles. The van der Waals surface area contributed by atoms with Gasteiger partial charge in [0.15, 0.2) is 0 Å². The number of benzene rings is 2. The van der Waals surface area contributed by atoms with Crippen LogP contribution >= 0.6 is 23.4 Å². The van der Waals surface area contributed by atoms with E-state index in [9.17, 15) is 22.4 Å². The number of anilines is 1. The van der Waals surface area contributed by atoms with Gasteiger partial charge in [0, 0.05) is 55.7 Å². The molecule has 3 aromatic rings. The van der Waals surface area contributed by atoms with Crippen LogP contribution < -0.4 is 15.9 Å². The number of nitrogens with one attached hydrogen (secondary N) is 1. The lowest BCUT2D eigenvalue weighted by molar-refractivity contribution is -0.137. The molecular weight excluding hydrogens is 548 g/mol. The summed E-state index contributed by atoms with van der Waals surface area (Å²) in [4.78, 5) is 19.4. The highest BCUT2D eigenvalue weighted by Crippen LogP contribution is 2.48. The molecule has 2 N–H and O–H groups in total. The predicted octanol–water partition coefficient (Wildman–Crippen LogP) is 4.41. The maximum atomic E-state index is 14.4. The van der Waals surface area contributed by atoms with E-state index in [2.05, 4.69) is 15.0 Å². The smallest absolute Gasteiger partial charge is 0.394 e. The monoisotopic (exact) mass is 574 g/mol. The second-order valence-electron chi connectivity index (χ2n) is 8.68. The molecule has 2 aromatic carbocycles. The number of methoxy groups -OCH3 is 1. The Morgan fingerprint density at radius 3 is 2.55 bits per heavy atom. The van der Waals surface area contributed by atoms with Crippen LogP contribution in [0.15, 0.2) is 34.0 Å². The van der Waals surface area contributed by atoms with Gasteiger partial charge in [0.05, 0.1) is 29.3 Å². The van der Waals surface area contributed by atoms with Crippen molar-refractivity contribution in [2.75, 3.05) is 57.2 Å². The van der Waals surface area contributed by atoms with Crippen molar-refractivity contribution in [3.8, 4) is 11.1 Å². The summed E-state index contributed by atoms with van der Waals surface area (Å²) < 4.78 is 62.9. The van der Waals surface area contributed by atoms with Crippen LogP contribution in [-0.4, -0.2) is 66.9 Å². The Labute approximate surface area is 225 Å². The third-order valence-electron chi connectivity index (χ3n) is 6.20. The molecule has 0 unspecified atom stereocenters. The van der Waals surface area contributed by atoms with E-state index in [1.165, 1.54) is 28.5 Å². The molecule has 0 amide bonds. The highest BCUT2D eigenvalue weighted by atomic mass is 35.5. The van der Waals surface area contributed by atoms with E-state index in [4.69, 9.17) is 16.7 Å². The maximum Gasteiger partial charge on any atom is 0.417 e. The van der Waals surface area contributed by atoms with Gasteiger partial charge in [-0.3, -0.25) is 4.57 Å². The molecule has 38 heavy (non-hydrogen) atoms. The number of nitrogens with zero attached hydrogens (tertiary/aromatic N) is 3. The van der Waals surface area contributed by atoms with Gasteiger partial charge in [-0.1, -0.05) is 17.7 Å². The Kier molecular flexibility index (Phi) is 9.19. The van der Waals surface area contributed by atoms with Crippen molar-refractivity contribution in [1.82, 2.24) is 14.9 Å². The van der Waals surface area contributed by atoms with Gasteiger partial charge < -0.3 is 20.1 Å². The van der Waals surface area contributed by atoms with Crippen LogP contribution in [0.25, 0.3) is 22.0 Å². The summed E-state index contributed by atoms with van der Waals surface area (Å²) in [7, 11) is 1.55. The second-order valence-corrected chi connectivity index (χ2v) is 10.2. The third-order valence-corrected chi connectivity index (χ3v) is 7.67. The molecule has 0 radical (unpaired) electrons. The minimum Gasteiger partial charge on any atom is -0.394 e. The molecular formula is C25H27ClF4N4O3S. The lowest BCUT2D eigenvalue weighted by Crippen LogP contribution is -2.44. The Morgan fingerprint density at radius 2 is 1.95 bits per heavy atom. The van der Waals surface area contributed by atoms with E-state index >= 15 is 0 Å². The minimum absolute atomic E-state index is 0.0885. The average Bonchev–Trinajstić information content (AvgIpc) is 3.12. The first-order valence-electron chi connectivity index (χ1n) is 12.0. The Morgan fingerprint density at radius 1 is 1.21 bits per heavy atom. The van der Waals surface area contributed by atoms with Crippen LogP contribution in [0, 0.1) is 5.82 Å². The zero-order chi connectivity index (χ0) is 27.4. The van der Waals surface area contributed by atoms with Gasteiger partial charge >= 0.3 is 11.9 Å². The molecule has 0 bridgehead atoms. The highest BCUT2D eigenvalue weighted by Gasteiger charge is 2.38. The number of aliphatic hydroxyl groups is 1. The van der Waals surface area contributed by atoms with Crippen LogP contribution in [0.2, 0.25) is 5.02 Å². The normalized spacial score (nSPS) is 15.7. The molecule has 206 valence electrons. The van der Waals surface area contributed by atoms with Gasteiger partial charge in [-0.2, -0.15) is 18.2 Å². The number of aliphatic hydroxyl groups excluding tert-OH is 1. The molecule has 1 aromatic heterocycles. The van der Waals surface area contributed by atoms with Crippen LogP contribution in [0.3, 0.4) is 0 Å². The fraction of sp³-hybridized carbons (Fsp3) is 0.440. The van der Waals surface area contributed by atoms with E-state index in [0.717, 1.165) is 12.1 Å². The number of hydrogen-bond acceptors (Lipinski definition) is 7. The van der Waals surface area contributed by atoms with E-state index in [0.29, 0.717) is 67.3 Å². The fourth-order valence-electron chi connectivity index (χ4n) is 4.51. The summed E-state index contributed by atoms with van der Waals surface area (Å²) in [5, 5.41) is 11.2. The number of hydrogen-bond donors (Lipinski definition) is 2. The molecule has 1 fully saturated rings. The number of aryl methyl sites for hydroxylation is 1. The van der Waals surface area contributed by atoms with Gasteiger partial charge in [-0.15, -0.1) is 11.8 Å². The molecule has 2 aliphatic heterocycles. The van der Waals surface area contributed by atoms with E-state index in [-0.39, 0.29) is 28.6 Å². The number of halogens is 5. The fourth-order valence-corrected chi connectivity index (χ4v) is 5.90. The van der Waals surface area contributed by atoms with Gasteiger partial charge in [0.1, 0.15) is 11.6 Å². The van der Waals surface area contributed by atoms with Crippen molar-refractivity contribution >= 4 is 40.1 Å².